The summed E-state index contributed by atoms with van der Waals surface area (Å²) in [5, 5.41) is 7.40. The van der Waals surface area contributed by atoms with Crippen LogP contribution in [0.3, 0.4) is 0 Å². The van der Waals surface area contributed by atoms with Crippen molar-refractivity contribution >= 4 is 11.5 Å². The summed E-state index contributed by atoms with van der Waals surface area (Å²) in [5.74, 6) is 0.235. The normalized spacial score (nSPS) is 19.8. The van der Waals surface area contributed by atoms with Gasteiger partial charge in [0.05, 0.1) is 6.54 Å². The summed E-state index contributed by atoms with van der Waals surface area (Å²) in [7, 11) is 0. The molecule has 0 spiro atoms. The van der Waals surface area contributed by atoms with Gasteiger partial charge < -0.3 is 10.6 Å². The molecule has 0 radical (unpaired) electrons. The number of aryl methyl sites for hydroxylation is 1. The van der Waals surface area contributed by atoms with Crippen LogP contribution in [-0.4, -0.2) is 18.4 Å². The molecule has 15 heavy (non-hydrogen) atoms. The molecule has 2 rings (SSSR count). The minimum absolute atomic E-state index is 0.235. The maximum atomic E-state index is 7.40. The average molecular weight is 203 g/mol. The Balaban J connectivity index is 2.32. The van der Waals surface area contributed by atoms with E-state index in [9.17, 15) is 0 Å². The van der Waals surface area contributed by atoms with Crippen LogP contribution in [0.2, 0.25) is 0 Å². The lowest BCUT2D eigenvalue weighted by atomic mass is 9.97. The van der Waals surface area contributed by atoms with Crippen molar-refractivity contribution < 1.29 is 0 Å². The van der Waals surface area contributed by atoms with Crippen molar-refractivity contribution in [2.24, 2.45) is 5.73 Å². The van der Waals surface area contributed by atoms with Crippen molar-refractivity contribution in [1.82, 2.24) is 0 Å². The topological polar surface area (TPSA) is 53.1 Å². The summed E-state index contributed by atoms with van der Waals surface area (Å²) in [4.78, 5) is 2.22. The van der Waals surface area contributed by atoms with Gasteiger partial charge in [0.1, 0.15) is 5.84 Å². The molecule has 1 atom stereocenters. The zero-order chi connectivity index (χ0) is 10.8. The van der Waals surface area contributed by atoms with E-state index in [1.54, 1.807) is 0 Å². The Morgan fingerprint density at radius 3 is 3.00 bits per heavy atom. The second kappa shape index (κ2) is 3.93. The SMILES string of the molecule is CC1CCc2ccccc2N1CC(=N)N. The van der Waals surface area contributed by atoms with E-state index in [0.29, 0.717) is 12.6 Å². The highest BCUT2D eigenvalue weighted by Crippen LogP contribution is 2.29. The maximum Gasteiger partial charge on any atom is 0.110 e. The van der Waals surface area contributed by atoms with Crippen LogP contribution < -0.4 is 10.6 Å². The molecule has 1 aliphatic rings. The number of benzene rings is 1. The first kappa shape index (κ1) is 10.0. The Labute approximate surface area is 90.4 Å². The van der Waals surface area contributed by atoms with Gasteiger partial charge in [-0.3, -0.25) is 5.41 Å². The Kier molecular flexibility index (Phi) is 2.62. The van der Waals surface area contributed by atoms with Crippen molar-refractivity contribution in [2.75, 3.05) is 11.4 Å². The van der Waals surface area contributed by atoms with E-state index < -0.39 is 0 Å². The van der Waals surface area contributed by atoms with Crippen LogP contribution in [0.5, 0.6) is 0 Å². The van der Waals surface area contributed by atoms with Gasteiger partial charge in [0.25, 0.3) is 0 Å². The third kappa shape index (κ3) is 1.96. The molecule has 3 N–H and O–H groups in total. The lowest BCUT2D eigenvalue weighted by molar-refractivity contribution is 0.586. The number of hydrogen-bond donors (Lipinski definition) is 2. The van der Waals surface area contributed by atoms with Gasteiger partial charge in [-0.25, -0.2) is 0 Å². The van der Waals surface area contributed by atoms with Crippen molar-refractivity contribution in [3.05, 3.63) is 29.8 Å². The molecule has 3 heteroatoms. The van der Waals surface area contributed by atoms with Crippen LogP contribution >= 0.6 is 0 Å². The van der Waals surface area contributed by atoms with Crippen molar-refractivity contribution in [2.45, 2.75) is 25.8 Å². The zero-order valence-electron chi connectivity index (χ0n) is 9.03. The molecule has 1 aromatic carbocycles. The van der Waals surface area contributed by atoms with E-state index in [0.717, 1.165) is 12.8 Å². The average Bonchev–Trinajstić information content (AvgIpc) is 2.22. The molecule has 0 saturated heterocycles. The number of rotatable bonds is 2. The van der Waals surface area contributed by atoms with Gasteiger partial charge in [-0.15, -0.1) is 0 Å². The number of fused-ring (bicyclic) bond motifs is 1. The lowest BCUT2D eigenvalue weighted by Crippen LogP contribution is -2.42. The van der Waals surface area contributed by atoms with Gasteiger partial charge in [0, 0.05) is 11.7 Å². The van der Waals surface area contributed by atoms with Crippen molar-refractivity contribution in [3.8, 4) is 0 Å². The van der Waals surface area contributed by atoms with E-state index in [2.05, 4.69) is 30.0 Å². The van der Waals surface area contributed by atoms with Crippen LogP contribution in [-0.2, 0) is 6.42 Å². The first-order valence-corrected chi connectivity index (χ1v) is 5.36. The van der Waals surface area contributed by atoms with Crippen LogP contribution in [0.1, 0.15) is 18.9 Å². The standard InChI is InChI=1S/C12H17N3/c1-9-6-7-10-4-2-3-5-11(10)15(9)8-12(13)14/h2-5,9H,6-8H2,1H3,(H3,13,14). The quantitative estimate of drug-likeness (QED) is 0.568. The molecule has 1 unspecified atom stereocenters. The van der Waals surface area contributed by atoms with E-state index in [4.69, 9.17) is 11.1 Å². The van der Waals surface area contributed by atoms with Crippen LogP contribution in [0.25, 0.3) is 0 Å². The van der Waals surface area contributed by atoms with Crippen LogP contribution in [0.15, 0.2) is 24.3 Å². The second-order valence-electron chi connectivity index (χ2n) is 4.17. The third-order valence-electron chi connectivity index (χ3n) is 3.01. The smallest absolute Gasteiger partial charge is 0.110 e. The highest BCUT2D eigenvalue weighted by Gasteiger charge is 2.22. The van der Waals surface area contributed by atoms with Crippen molar-refractivity contribution in [3.63, 3.8) is 0 Å². The van der Waals surface area contributed by atoms with E-state index in [1.165, 1.54) is 11.3 Å². The van der Waals surface area contributed by atoms with E-state index in [-0.39, 0.29) is 5.84 Å². The molecule has 0 saturated carbocycles. The highest BCUT2D eigenvalue weighted by molar-refractivity contribution is 5.82. The summed E-state index contributed by atoms with van der Waals surface area (Å²) < 4.78 is 0. The molecule has 1 heterocycles. The Bertz CT molecular complexity index is 373. The number of para-hydroxylation sites is 1. The molecule has 0 aromatic heterocycles. The minimum atomic E-state index is 0.235. The summed E-state index contributed by atoms with van der Waals surface area (Å²) >= 11 is 0. The molecule has 0 fully saturated rings. The molecule has 1 aromatic rings. The number of nitrogens with zero attached hydrogens (tertiary/aromatic N) is 1. The Morgan fingerprint density at radius 1 is 1.53 bits per heavy atom. The first-order chi connectivity index (χ1) is 7.18. The summed E-state index contributed by atoms with van der Waals surface area (Å²) in [6.07, 6.45) is 2.27. The monoisotopic (exact) mass is 203 g/mol. The summed E-state index contributed by atoms with van der Waals surface area (Å²) in [5.41, 5.74) is 8.10. The Hall–Kier alpha value is -1.51. The lowest BCUT2D eigenvalue weighted by Gasteiger charge is -2.36. The molecular weight excluding hydrogens is 186 g/mol. The van der Waals surface area contributed by atoms with Gasteiger partial charge in [0.15, 0.2) is 0 Å². The fourth-order valence-electron chi connectivity index (χ4n) is 2.18. The van der Waals surface area contributed by atoms with Gasteiger partial charge in [-0.05, 0) is 31.4 Å². The number of nitrogens with one attached hydrogen (secondary N) is 1. The molecule has 0 amide bonds. The fraction of sp³-hybridized carbons (Fsp3) is 0.417. The number of nitrogens with two attached hydrogens (primary N) is 1. The molecule has 1 aliphatic heterocycles. The predicted octanol–water partition coefficient (Wildman–Crippen LogP) is 1.76. The van der Waals surface area contributed by atoms with Gasteiger partial charge in [-0.2, -0.15) is 0 Å². The number of anilines is 1. The Morgan fingerprint density at radius 2 is 2.27 bits per heavy atom. The van der Waals surface area contributed by atoms with Crippen molar-refractivity contribution in [1.29, 1.82) is 5.41 Å². The number of hydrogen-bond acceptors (Lipinski definition) is 2. The molecular formula is C12H17N3. The largest absolute Gasteiger partial charge is 0.386 e. The molecule has 80 valence electrons. The first-order valence-electron chi connectivity index (χ1n) is 5.36. The fourth-order valence-corrected chi connectivity index (χ4v) is 2.18. The van der Waals surface area contributed by atoms with Crippen LogP contribution in [0.4, 0.5) is 5.69 Å². The predicted molar refractivity (Wildman–Crippen MR) is 63.5 cm³/mol. The van der Waals surface area contributed by atoms with Gasteiger partial charge >= 0.3 is 0 Å². The maximum absolute atomic E-state index is 7.40. The second-order valence-corrected chi connectivity index (χ2v) is 4.17. The molecule has 0 aliphatic carbocycles. The van der Waals surface area contributed by atoms with E-state index in [1.807, 2.05) is 6.07 Å². The minimum Gasteiger partial charge on any atom is -0.386 e. The van der Waals surface area contributed by atoms with Crippen LogP contribution in [0, 0.1) is 5.41 Å². The number of amidine groups is 1. The van der Waals surface area contributed by atoms with Gasteiger partial charge in [-0.1, -0.05) is 18.2 Å². The zero-order valence-corrected chi connectivity index (χ0v) is 9.03. The molecule has 0 bridgehead atoms. The summed E-state index contributed by atoms with van der Waals surface area (Å²) in [6, 6.07) is 8.87. The highest BCUT2D eigenvalue weighted by atomic mass is 15.2. The molecule has 3 nitrogen and oxygen atoms in total. The third-order valence-corrected chi connectivity index (χ3v) is 3.01. The van der Waals surface area contributed by atoms with E-state index >= 15 is 0 Å². The summed E-state index contributed by atoms with van der Waals surface area (Å²) in [6.45, 7) is 2.73. The van der Waals surface area contributed by atoms with Gasteiger partial charge in [0.2, 0.25) is 0 Å².